The number of hydrogen-bond acceptors (Lipinski definition) is 8. The van der Waals surface area contributed by atoms with Gasteiger partial charge in [0.15, 0.2) is 6.23 Å². The lowest BCUT2D eigenvalue weighted by atomic mass is 9.70. The largest absolute Gasteiger partial charge is 0.451 e. The van der Waals surface area contributed by atoms with Gasteiger partial charge in [0.2, 0.25) is 5.90 Å². The number of hydrogen-bond donors (Lipinski definition) is 2. The third-order valence-electron chi connectivity index (χ3n) is 10.0. The predicted octanol–water partition coefficient (Wildman–Crippen LogP) is 5.65. The number of methoxy groups -OCH3 is 2. The fourth-order valence-electron chi connectivity index (χ4n) is 6.75. The molecule has 0 radical (unpaired) electrons. The minimum atomic E-state index is -0.803. The lowest BCUT2D eigenvalue weighted by Crippen LogP contribution is -2.53. The molecule has 0 spiro atoms. The van der Waals surface area contributed by atoms with Crippen molar-refractivity contribution >= 4 is 17.6 Å². The van der Waals surface area contributed by atoms with E-state index in [1.165, 1.54) is 0 Å². The first-order valence-corrected chi connectivity index (χ1v) is 15.7. The van der Waals surface area contributed by atoms with Gasteiger partial charge in [-0.05, 0) is 77.8 Å². The average molecular weight is 618 g/mol. The lowest BCUT2D eigenvalue weighted by molar-refractivity contribution is -0.0676. The molecule has 5 atom stereocenters. The van der Waals surface area contributed by atoms with Crippen LogP contribution in [0.15, 0.2) is 65.5 Å². The van der Waals surface area contributed by atoms with Crippen LogP contribution in [0.1, 0.15) is 51.3 Å². The van der Waals surface area contributed by atoms with E-state index in [2.05, 4.69) is 36.7 Å². The topological polar surface area (TPSA) is 101 Å². The van der Waals surface area contributed by atoms with Crippen molar-refractivity contribution in [3.8, 4) is 11.3 Å². The van der Waals surface area contributed by atoms with Crippen molar-refractivity contribution in [2.24, 2.45) is 16.4 Å². The average Bonchev–Trinajstić information content (AvgIpc) is 3.78. The van der Waals surface area contributed by atoms with Crippen LogP contribution in [0.2, 0.25) is 0 Å². The van der Waals surface area contributed by atoms with Gasteiger partial charge >= 0.3 is 0 Å². The summed E-state index contributed by atoms with van der Waals surface area (Å²) in [5.41, 5.74) is 7.28. The second kappa shape index (κ2) is 12.5. The van der Waals surface area contributed by atoms with Crippen molar-refractivity contribution in [1.29, 1.82) is 0 Å². The van der Waals surface area contributed by atoms with E-state index in [1.54, 1.807) is 32.6 Å². The van der Waals surface area contributed by atoms with Gasteiger partial charge in [0.05, 0.1) is 17.1 Å². The quantitative estimate of drug-likeness (QED) is 0.337. The van der Waals surface area contributed by atoms with E-state index in [1.807, 2.05) is 62.7 Å². The summed E-state index contributed by atoms with van der Waals surface area (Å²) in [6.07, 6.45) is 15.4. The molecular weight excluding hydrogens is 573 g/mol. The van der Waals surface area contributed by atoms with Crippen molar-refractivity contribution in [3.63, 3.8) is 0 Å². The van der Waals surface area contributed by atoms with Gasteiger partial charge in [0.1, 0.15) is 17.2 Å². The molecule has 10 nitrogen and oxygen atoms in total. The van der Waals surface area contributed by atoms with Crippen LogP contribution in [0.25, 0.3) is 23.0 Å². The number of hydrazone groups is 1. The number of aryl methyl sites for hydroxylation is 1. The molecule has 0 bridgehead atoms. The molecule has 0 amide bonds. The third-order valence-corrected chi connectivity index (χ3v) is 10.0. The number of aromatic amines is 1. The van der Waals surface area contributed by atoms with Gasteiger partial charge in [0, 0.05) is 74.2 Å². The first-order valence-electron chi connectivity index (χ1n) is 15.7. The molecule has 11 heteroatoms. The Hall–Kier alpha value is -3.80. The zero-order valence-corrected chi connectivity index (χ0v) is 27.0. The van der Waals surface area contributed by atoms with Gasteiger partial charge < -0.3 is 23.5 Å². The summed E-state index contributed by atoms with van der Waals surface area (Å²) in [5, 5.41) is 12.3. The number of likely N-dealkylation sites (tertiary alicyclic amines) is 1. The van der Waals surface area contributed by atoms with Crippen LogP contribution < -0.4 is 5.43 Å². The molecule has 0 saturated carbocycles. The summed E-state index contributed by atoms with van der Waals surface area (Å²) in [4.78, 5) is 6.68. The predicted molar refractivity (Wildman–Crippen MR) is 173 cm³/mol. The Morgan fingerprint density at radius 1 is 1.22 bits per heavy atom. The van der Waals surface area contributed by atoms with Crippen LogP contribution in [0, 0.1) is 18.3 Å². The summed E-state index contributed by atoms with van der Waals surface area (Å²) in [7, 11) is 3.41. The molecule has 1 aliphatic carbocycles. The second-order valence-electron chi connectivity index (χ2n) is 12.9. The van der Waals surface area contributed by atoms with Crippen molar-refractivity contribution in [2.75, 3.05) is 33.9 Å². The summed E-state index contributed by atoms with van der Waals surface area (Å²) in [6, 6.07) is 4.01. The first kappa shape index (κ1) is 31.2. The van der Waals surface area contributed by atoms with E-state index in [0.717, 1.165) is 66.1 Å². The Bertz CT molecular complexity index is 1660. The normalized spacial score (nSPS) is 29.6. The van der Waals surface area contributed by atoms with Gasteiger partial charge in [-0.25, -0.2) is 9.37 Å². The van der Waals surface area contributed by atoms with Crippen LogP contribution in [-0.4, -0.2) is 82.2 Å². The zero-order valence-electron chi connectivity index (χ0n) is 27.0. The highest BCUT2D eigenvalue weighted by molar-refractivity contribution is 5.99. The number of nitrogens with one attached hydrogen (secondary N) is 2. The number of nitrogens with zero attached hydrogens (tertiary/aromatic N) is 5. The SMILES string of the molecule is COC1CCN(CC2(C)C(F)=CC=CC2(C)OC)CCC([C@H]2NN=C(/C(C)=C/c3c(-c4ccc5nccn5c4)n[nH]c3C)O2)C1. The standard InChI is InChI=1S/C34H44FN7O3/c1-22(18-27-23(2)37-38-30(27)25-9-10-29-36-14-17-42(29)20-25)31-39-40-32(45-31)24-11-15-41(16-12-26(19-24)43-5)21-33(3)28(35)8-7-13-34(33,4)44-6/h7-10,13-14,17-18,20,24,26,32,40H,11-12,15-16,19,21H2,1-6H3,(H,37,38)/b22-18+/t24?,26?,32-,33?,34?/m0/s1. The highest BCUT2D eigenvalue weighted by Crippen LogP contribution is 2.46. The van der Waals surface area contributed by atoms with Gasteiger partial charge in [-0.3, -0.25) is 10.5 Å². The third kappa shape index (κ3) is 5.96. The second-order valence-corrected chi connectivity index (χ2v) is 12.9. The Morgan fingerprint density at radius 2 is 2.04 bits per heavy atom. The van der Waals surface area contributed by atoms with Crippen LogP contribution >= 0.6 is 0 Å². The maximum atomic E-state index is 15.4. The number of pyridine rings is 1. The van der Waals surface area contributed by atoms with Crippen molar-refractivity contribution in [1.82, 2.24) is 29.9 Å². The van der Waals surface area contributed by atoms with Crippen LogP contribution in [-0.2, 0) is 14.2 Å². The van der Waals surface area contributed by atoms with Crippen molar-refractivity contribution < 1.29 is 18.6 Å². The highest BCUT2D eigenvalue weighted by Gasteiger charge is 2.49. The molecule has 240 valence electrons. The molecule has 4 unspecified atom stereocenters. The molecule has 1 saturated heterocycles. The number of ether oxygens (including phenoxy) is 3. The van der Waals surface area contributed by atoms with Crippen molar-refractivity contribution in [3.05, 3.63) is 71.6 Å². The number of rotatable bonds is 8. The molecule has 45 heavy (non-hydrogen) atoms. The van der Waals surface area contributed by atoms with Crippen LogP contribution in [0.5, 0.6) is 0 Å². The van der Waals surface area contributed by atoms with Crippen molar-refractivity contribution in [2.45, 2.75) is 64.9 Å². The minimum Gasteiger partial charge on any atom is -0.451 e. The fraction of sp³-hybridized carbons (Fsp3) is 0.500. The molecular formula is C34H44FN7O3. The molecule has 2 N–H and O–H groups in total. The summed E-state index contributed by atoms with van der Waals surface area (Å²) < 4.78 is 35.6. The number of imidazole rings is 1. The number of H-pyrrole nitrogens is 1. The van der Waals surface area contributed by atoms with Gasteiger partial charge in [-0.1, -0.05) is 12.2 Å². The van der Waals surface area contributed by atoms with E-state index in [0.29, 0.717) is 12.4 Å². The zero-order chi connectivity index (χ0) is 31.8. The lowest BCUT2D eigenvalue weighted by Gasteiger charge is -2.47. The van der Waals surface area contributed by atoms with E-state index >= 15 is 4.39 Å². The molecule has 3 aliphatic rings. The van der Waals surface area contributed by atoms with E-state index < -0.39 is 11.0 Å². The highest BCUT2D eigenvalue weighted by atomic mass is 19.1. The minimum absolute atomic E-state index is 0.0566. The first-order chi connectivity index (χ1) is 21.6. The summed E-state index contributed by atoms with van der Waals surface area (Å²) >= 11 is 0. The summed E-state index contributed by atoms with van der Waals surface area (Å²) in [6.45, 7) is 10.1. The van der Waals surface area contributed by atoms with E-state index in [9.17, 15) is 0 Å². The molecule has 3 aromatic heterocycles. The number of fused-ring (bicyclic) bond motifs is 1. The van der Waals surface area contributed by atoms with Gasteiger partial charge in [0.25, 0.3) is 0 Å². The molecule has 5 heterocycles. The van der Waals surface area contributed by atoms with E-state index in [4.69, 9.17) is 14.2 Å². The molecule has 0 aromatic carbocycles. The van der Waals surface area contributed by atoms with Crippen LogP contribution in [0.3, 0.4) is 0 Å². The Labute approximate surface area is 264 Å². The molecule has 1 fully saturated rings. The molecule has 6 rings (SSSR count). The maximum absolute atomic E-state index is 15.4. The smallest absolute Gasteiger partial charge is 0.235 e. The Morgan fingerprint density at radius 3 is 2.84 bits per heavy atom. The van der Waals surface area contributed by atoms with Gasteiger partial charge in [-0.2, -0.15) is 5.10 Å². The fourth-order valence-corrected chi connectivity index (χ4v) is 6.75. The van der Waals surface area contributed by atoms with E-state index in [-0.39, 0.29) is 24.1 Å². The number of halogens is 1. The number of allylic oxidation sites excluding steroid dienone is 2. The molecule has 3 aromatic rings. The Balaban J connectivity index is 1.15. The molecule has 2 aliphatic heterocycles. The Kier molecular flexibility index (Phi) is 8.69. The number of aromatic nitrogens is 4. The van der Waals surface area contributed by atoms with Gasteiger partial charge in [-0.15, -0.1) is 5.10 Å². The maximum Gasteiger partial charge on any atom is 0.235 e. The summed E-state index contributed by atoms with van der Waals surface area (Å²) in [5.74, 6) is 0.554. The monoisotopic (exact) mass is 617 g/mol. The van der Waals surface area contributed by atoms with Crippen LogP contribution in [0.4, 0.5) is 4.39 Å².